The standard InChI is InChI=1S/C19H23NO4/c1-2-5-13-10-19(22)24-17-11-15(8-9-16(13)17)23-12-18(21)20-14-6-3-4-7-14/h8-11,14H,2-7,12H2,1H3,(H,20,21). The Morgan fingerprint density at radius 2 is 2.08 bits per heavy atom. The third kappa shape index (κ3) is 3.96. The lowest BCUT2D eigenvalue weighted by atomic mass is 10.1. The summed E-state index contributed by atoms with van der Waals surface area (Å²) in [6.45, 7) is 2.04. The number of carbonyl (C=O) groups excluding carboxylic acids is 1. The molecule has 1 fully saturated rings. The summed E-state index contributed by atoms with van der Waals surface area (Å²) in [7, 11) is 0. The first-order chi connectivity index (χ1) is 11.7. The van der Waals surface area contributed by atoms with Crippen molar-refractivity contribution in [2.24, 2.45) is 0 Å². The van der Waals surface area contributed by atoms with Gasteiger partial charge < -0.3 is 14.5 Å². The average molecular weight is 329 g/mol. The van der Waals surface area contributed by atoms with Crippen LogP contribution in [0.25, 0.3) is 11.0 Å². The molecule has 0 saturated heterocycles. The van der Waals surface area contributed by atoms with Crippen LogP contribution in [0.1, 0.15) is 44.6 Å². The fourth-order valence-corrected chi connectivity index (χ4v) is 3.26. The van der Waals surface area contributed by atoms with Crippen LogP contribution in [0.5, 0.6) is 5.75 Å². The molecule has 1 aliphatic rings. The Hall–Kier alpha value is -2.30. The van der Waals surface area contributed by atoms with E-state index in [4.69, 9.17) is 9.15 Å². The Kier molecular flexibility index (Phi) is 5.18. The van der Waals surface area contributed by atoms with Gasteiger partial charge >= 0.3 is 5.63 Å². The van der Waals surface area contributed by atoms with Gasteiger partial charge in [0.05, 0.1) is 0 Å². The minimum absolute atomic E-state index is 0.0269. The molecule has 1 saturated carbocycles. The lowest BCUT2D eigenvalue weighted by Crippen LogP contribution is -2.36. The quantitative estimate of drug-likeness (QED) is 0.827. The van der Waals surface area contributed by atoms with Crippen molar-refractivity contribution in [2.75, 3.05) is 6.61 Å². The Labute approximate surface area is 141 Å². The Bertz CT molecular complexity index is 775. The van der Waals surface area contributed by atoms with Gasteiger partial charge in [-0.2, -0.15) is 0 Å². The zero-order valence-electron chi connectivity index (χ0n) is 14.0. The van der Waals surface area contributed by atoms with Gasteiger partial charge in [0.2, 0.25) is 0 Å². The third-order valence-corrected chi connectivity index (χ3v) is 4.41. The molecule has 1 aliphatic carbocycles. The summed E-state index contributed by atoms with van der Waals surface area (Å²) < 4.78 is 10.8. The number of nitrogens with one attached hydrogen (secondary N) is 1. The lowest BCUT2D eigenvalue weighted by molar-refractivity contribution is -0.123. The molecule has 1 aromatic heterocycles. The van der Waals surface area contributed by atoms with Gasteiger partial charge in [0.15, 0.2) is 6.61 Å². The van der Waals surface area contributed by atoms with E-state index in [1.54, 1.807) is 12.1 Å². The van der Waals surface area contributed by atoms with Crippen LogP contribution in [-0.2, 0) is 11.2 Å². The van der Waals surface area contributed by atoms with Crippen LogP contribution < -0.4 is 15.7 Å². The van der Waals surface area contributed by atoms with Crippen LogP contribution in [0, 0.1) is 0 Å². The Balaban J connectivity index is 1.69. The lowest BCUT2D eigenvalue weighted by Gasteiger charge is -2.13. The van der Waals surface area contributed by atoms with E-state index < -0.39 is 0 Å². The van der Waals surface area contributed by atoms with Crippen LogP contribution in [0.3, 0.4) is 0 Å². The number of ether oxygens (including phenoxy) is 1. The fourth-order valence-electron chi connectivity index (χ4n) is 3.26. The molecule has 128 valence electrons. The van der Waals surface area contributed by atoms with Crippen LogP contribution in [0.4, 0.5) is 0 Å². The van der Waals surface area contributed by atoms with E-state index in [2.05, 4.69) is 12.2 Å². The van der Waals surface area contributed by atoms with Gasteiger partial charge in [0.25, 0.3) is 5.91 Å². The first-order valence-electron chi connectivity index (χ1n) is 8.64. The van der Waals surface area contributed by atoms with Crippen molar-refractivity contribution in [1.82, 2.24) is 5.32 Å². The third-order valence-electron chi connectivity index (χ3n) is 4.41. The fraction of sp³-hybridized carbons (Fsp3) is 0.474. The van der Waals surface area contributed by atoms with Crippen molar-refractivity contribution in [1.29, 1.82) is 0 Å². The highest BCUT2D eigenvalue weighted by Gasteiger charge is 2.17. The van der Waals surface area contributed by atoms with Gasteiger partial charge in [0.1, 0.15) is 11.3 Å². The smallest absolute Gasteiger partial charge is 0.336 e. The van der Waals surface area contributed by atoms with E-state index in [-0.39, 0.29) is 24.2 Å². The summed E-state index contributed by atoms with van der Waals surface area (Å²) in [5, 5.41) is 3.90. The second-order valence-electron chi connectivity index (χ2n) is 6.34. The van der Waals surface area contributed by atoms with Crippen molar-refractivity contribution in [2.45, 2.75) is 51.5 Å². The first-order valence-corrected chi connectivity index (χ1v) is 8.64. The van der Waals surface area contributed by atoms with Crippen LogP contribution >= 0.6 is 0 Å². The van der Waals surface area contributed by atoms with Gasteiger partial charge in [-0.15, -0.1) is 0 Å². The maximum Gasteiger partial charge on any atom is 0.336 e. The molecule has 0 radical (unpaired) electrons. The van der Waals surface area contributed by atoms with E-state index >= 15 is 0 Å². The number of rotatable bonds is 6. The minimum atomic E-state index is -0.359. The number of aryl methyl sites for hydroxylation is 1. The monoisotopic (exact) mass is 329 g/mol. The molecule has 1 N–H and O–H groups in total. The van der Waals surface area contributed by atoms with Crippen molar-refractivity contribution in [3.05, 3.63) is 40.2 Å². The van der Waals surface area contributed by atoms with Crippen molar-refractivity contribution >= 4 is 16.9 Å². The molecule has 1 heterocycles. The predicted octanol–water partition coefficient (Wildman–Crippen LogP) is 3.18. The van der Waals surface area contributed by atoms with Crippen molar-refractivity contribution in [3.8, 4) is 5.75 Å². The SMILES string of the molecule is CCCc1cc(=O)oc2cc(OCC(=O)NC3CCCC3)ccc12. The van der Waals surface area contributed by atoms with E-state index in [1.807, 2.05) is 12.1 Å². The number of hydrogen-bond acceptors (Lipinski definition) is 4. The molecule has 0 unspecified atom stereocenters. The summed E-state index contributed by atoms with van der Waals surface area (Å²) in [5.41, 5.74) is 1.12. The predicted molar refractivity (Wildman–Crippen MR) is 92.4 cm³/mol. The van der Waals surface area contributed by atoms with Crippen LogP contribution in [-0.4, -0.2) is 18.6 Å². The van der Waals surface area contributed by atoms with Gasteiger partial charge in [0, 0.05) is 23.6 Å². The number of benzene rings is 1. The molecule has 0 bridgehead atoms. The van der Waals surface area contributed by atoms with Gasteiger partial charge in [-0.05, 0) is 37.0 Å². The highest BCUT2D eigenvalue weighted by Crippen LogP contribution is 2.23. The number of hydrogen-bond donors (Lipinski definition) is 1. The number of amides is 1. The number of fused-ring (bicyclic) bond motifs is 1. The molecule has 0 aliphatic heterocycles. The Morgan fingerprint density at radius 1 is 1.29 bits per heavy atom. The molecule has 1 amide bonds. The summed E-state index contributed by atoms with van der Waals surface area (Å²) in [6, 6.07) is 7.20. The number of carbonyl (C=O) groups is 1. The second-order valence-corrected chi connectivity index (χ2v) is 6.34. The topological polar surface area (TPSA) is 68.5 Å². The molecular weight excluding hydrogens is 306 g/mol. The summed E-state index contributed by atoms with van der Waals surface area (Å²) in [4.78, 5) is 23.6. The van der Waals surface area contributed by atoms with E-state index in [1.165, 1.54) is 12.8 Å². The second kappa shape index (κ2) is 7.51. The maximum absolute atomic E-state index is 11.9. The van der Waals surface area contributed by atoms with Gasteiger partial charge in [-0.3, -0.25) is 4.79 Å². The van der Waals surface area contributed by atoms with Crippen LogP contribution in [0.15, 0.2) is 33.5 Å². The molecule has 5 heteroatoms. The molecule has 3 rings (SSSR count). The highest BCUT2D eigenvalue weighted by atomic mass is 16.5. The summed E-state index contributed by atoms with van der Waals surface area (Å²) in [6.07, 6.45) is 6.23. The van der Waals surface area contributed by atoms with E-state index in [9.17, 15) is 9.59 Å². The van der Waals surface area contributed by atoms with Crippen LogP contribution in [0.2, 0.25) is 0 Å². The molecular formula is C19H23NO4. The Morgan fingerprint density at radius 3 is 2.83 bits per heavy atom. The molecule has 0 atom stereocenters. The minimum Gasteiger partial charge on any atom is -0.484 e. The molecule has 0 spiro atoms. The molecule has 1 aromatic carbocycles. The van der Waals surface area contributed by atoms with Gasteiger partial charge in [-0.1, -0.05) is 26.2 Å². The first kappa shape index (κ1) is 16.6. The van der Waals surface area contributed by atoms with Crippen molar-refractivity contribution in [3.63, 3.8) is 0 Å². The zero-order valence-corrected chi connectivity index (χ0v) is 14.0. The average Bonchev–Trinajstić information content (AvgIpc) is 3.05. The van der Waals surface area contributed by atoms with E-state index in [0.717, 1.165) is 36.6 Å². The molecule has 5 nitrogen and oxygen atoms in total. The summed E-state index contributed by atoms with van der Waals surface area (Å²) >= 11 is 0. The zero-order chi connectivity index (χ0) is 16.9. The van der Waals surface area contributed by atoms with Crippen molar-refractivity contribution < 1.29 is 13.9 Å². The normalized spacial score (nSPS) is 14.9. The maximum atomic E-state index is 11.9. The molecule has 2 aromatic rings. The largest absolute Gasteiger partial charge is 0.484 e. The van der Waals surface area contributed by atoms with E-state index in [0.29, 0.717) is 11.3 Å². The van der Waals surface area contributed by atoms with Gasteiger partial charge in [-0.25, -0.2) is 4.79 Å². The molecule has 24 heavy (non-hydrogen) atoms. The highest BCUT2D eigenvalue weighted by molar-refractivity contribution is 5.82. The summed E-state index contributed by atoms with van der Waals surface area (Å²) in [5.74, 6) is 0.420.